The normalized spacial score (nSPS) is 21.8. The van der Waals surface area contributed by atoms with Gasteiger partial charge in [0.25, 0.3) is 5.95 Å². The lowest BCUT2D eigenvalue weighted by atomic mass is 10.0. The van der Waals surface area contributed by atoms with Crippen LogP contribution in [0.5, 0.6) is 0 Å². The molecule has 1 aliphatic rings. The van der Waals surface area contributed by atoms with Gasteiger partial charge >= 0.3 is 0 Å². The van der Waals surface area contributed by atoms with Crippen molar-refractivity contribution in [1.82, 2.24) is 24.7 Å². The standard InChI is InChI=1S/C14H21N7/c1-4-15-12-17-13(20-8-10(2)11(3)9-20)19-14(18-12)21-7-5-6-16-21/h5-7,10-11H,4,8-9H2,1-3H3,(H,15,17,18,19). The van der Waals surface area contributed by atoms with Gasteiger partial charge in [-0.15, -0.1) is 0 Å². The summed E-state index contributed by atoms with van der Waals surface area (Å²) in [5.74, 6) is 3.17. The molecule has 1 aliphatic heterocycles. The molecule has 1 fully saturated rings. The SMILES string of the molecule is CCNc1nc(N2CC(C)C(C)C2)nc(-n2cccn2)n1. The molecule has 2 aromatic heterocycles. The number of anilines is 2. The molecule has 1 N–H and O–H groups in total. The first-order valence-corrected chi connectivity index (χ1v) is 7.42. The molecule has 21 heavy (non-hydrogen) atoms. The van der Waals surface area contributed by atoms with Gasteiger partial charge in [-0.05, 0) is 24.8 Å². The second-order valence-electron chi connectivity index (χ2n) is 5.60. The Morgan fingerprint density at radius 1 is 1.14 bits per heavy atom. The Balaban J connectivity index is 1.96. The molecule has 7 heteroatoms. The lowest BCUT2D eigenvalue weighted by molar-refractivity contribution is 0.494. The molecule has 0 saturated carbocycles. The summed E-state index contributed by atoms with van der Waals surface area (Å²) in [4.78, 5) is 15.8. The van der Waals surface area contributed by atoms with Crippen molar-refractivity contribution < 1.29 is 0 Å². The van der Waals surface area contributed by atoms with E-state index in [1.807, 2.05) is 19.2 Å². The molecule has 2 atom stereocenters. The van der Waals surface area contributed by atoms with E-state index in [1.54, 1.807) is 10.9 Å². The lowest BCUT2D eigenvalue weighted by Crippen LogP contribution is -2.24. The number of nitrogens with zero attached hydrogens (tertiary/aromatic N) is 6. The Bertz CT molecular complexity index is 585. The van der Waals surface area contributed by atoms with Gasteiger partial charge in [0.2, 0.25) is 11.9 Å². The minimum absolute atomic E-state index is 0.549. The summed E-state index contributed by atoms with van der Waals surface area (Å²) in [5, 5.41) is 7.37. The highest BCUT2D eigenvalue weighted by atomic mass is 15.4. The van der Waals surface area contributed by atoms with Crippen LogP contribution in [0.25, 0.3) is 5.95 Å². The van der Waals surface area contributed by atoms with E-state index in [4.69, 9.17) is 0 Å². The number of hydrogen-bond acceptors (Lipinski definition) is 6. The third kappa shape index (κ3) is 2.81. The van der Waals surface area contributed by atoms with Crippen LogP contribution in [0.1, 0.15) is 20.8 Å². The Kier molecular flexibility index (Phi) is 3.72. The van der Waals surface area contributed by atoms with Crippen LogP contribution in [-0.2, 0) is 0 Å². The average Bonchev–Trinajstić information content (AvgIpc) is 3.10. The fourth-order valence-corrected chi connectivity index (χ4v) is 2.52. The maximum atomic E-state index is 4.57. The maximum absolute atomic E-state index is 4.57. The van der Waals surface area contributed by atoms with Crippen molar-refractivity contribution in [2.45, 2.75) is 20.8 Å². The smallest absolute Gasteiger partial charge is 0.257 e. The van der Waals surface area contributed by atoms with E-state index in [2.05, 4.69) is 44.1 Å². The first-order chi connectivity index (χ1) is 10.2. The van der Waals surface area contributed by atoms with Crippen LogP contribution in [0.2, 0.25) is 0 Å². The molecule has 1 saturated heterocycles. The Hall–Kier alpha value is -2.18. The predicted molar refractivity (Wildman–Crippen MR) is 81.7 cm³/mol. The van der Waals surface area contributed by atoms with E-state index in [0.29, 0.717) is 23.7 Å². The van der Waals surface area contributed by atoms with Crippen molar-refractivity contribution in [2.75, 3.05) is 29.9 Å². The Morgan fingerprint density at radius 3 is 2.48 bits per heavy atom. The summed E-state index contributed by atoms with van der Waals surface area (Å²) in [7, 11) is 0. The molecule has 3 heterocycles. The molecule has 112 valence electrons. The van der Waals surface area contributed by atoms with Crippen molar-refractivity contribution in [3.05, 3.63) is 18.5 Å². The van der Waals surface area contributed by atoms with Crippen LogP contribution in [0.15, 0.2) is 18.5 Å². The molecule has 7 nitrogen and oxygen atoms in total. The van der Waals surface area contributed by atoms with Crippen LogP contribution in [0.4, 0.5) is 11.9 Å². The monoisotopic (exact) mass is 287 g/mol. The highest BCUT2D eigenvalue weighted by molar-refractivity contribution is 5.41. The van der Waals surface area contributed by atoms with Gasteiger partial charge in [0.15, 0.2) is 0 Å². The summed E-state index contributed by atoms with van der Waals surface area (Å²) < 4.78 is 1.66. The highest BCUT2D eigenvalue weighted by Crippen LogP contribution is 2.26. The van der Waals surface area contributed by atoms with Crippen LogP contribution < -0.4 is 10.2 Å². The second-order valence-corrected chi connectivity index (χ2v) is 5.60. The average molecular weight is 287 g/mol. The first-order valence-electron chi connectivity index (χ1n) is 7.42. The van der Waals surface area contributed by atoms with E-state index >= 15 is 0 Å². The fourth-order valence-electron chi connectivity index (χ4n) is 2.52. The number of rotatable bonds is 4. The highest BCUT2D eigenvalue weighted by Gasteiger charge is 2.28. The summed E-state index contributed by atoms with van der Waals surface area (Å²) in [6.45, 7) is 9.30. The molecule has 3 rings (SSSR count). The van der Waals surface area contributed by atoms with E-state index in [0.717, 1.165) is 25.6 Å². The van der Waals surface area contributed by atoms with Gasteiger partial charge in [0, 0.05) is 32.0 Å². The zero-order valence-electron chi connectivity index (χ0n) is 12.7. The Labute approximate surface area is 124 Å². The first kappa shape index (κ1) is 13.8. The molecule has 0 bridgehead atoms. The van der Waals surface area contributed by atoms with Crippen molar-refractivity contribution in [1.29, 1.82) is 0 Å². The minimum Gasteiger partial charge on any atom is -0.354 e. The zero-order valence-corrected chi connectivity index (χ0v) is 12.7. The van der Waals surface area contributed by atoms with Crippen LogP contribution in [0, 0.1) is 11.8 Å². The van der Waals surface area contributed by atoms with Crippen LogP contribution in [-0.4, -0.2) is 44.4 Å². The molecule has 0 aromatic carbocycles. The van der Waals surface area contributed by atoms with Gasteiger partial charge in [-0.1, -0.05) is 13.8 Å². The number of hydrogen-bond donors (Lipinski definition) is 1. The van der Waals surface area contributed by atoms with Gasteiger partial charge in [0.05, 0.1) is 0 Å². The zero-order chi connectivity index (χ0) is 14.8. The van der Waals surface area contributed by atoms with Crippen LogP contribution >= 0.6 is 0 Å². The minimum atomic E-state index is 0.549. The molecule has 0 spiro atoms. The third-order valence-corrected chi connectivity index (χ3v) is 3.93. The second kappa shape index (κ2) is 5.67. The Morgan fingerprint density at radius 2 is 1.86 bits per heavy atom. The summed E-state index contributed by atoms with van der Waals surface area (Å²) in [5.41, 5.74) is 0. The third-order valence-electron chi connectivity index (χ3n) is 3.93. The van der Waals surface area contributed by atoms with Gasteiger partial charge in [-0.2, -0.15) is 20.1 Å². The van der Waals surface area contributed by atoms with Crippen LogP contribution in [0.3, 0.4) is 0 Å². The molecular weight excluding hydrogens is 266 g/mol. The van der Waals surface area contributed by atoms with Gasteiger partial charge in [-0.3, -0.25) is 0 Å². The van der Waals surface area contributed by atoms with Crippen molar-refractivity contribution >= 4 is 11.9 Å². The number of aromatic nitrogens is 5. The van der Waals surface area contributed by atoms with E-state index in [1.165, 1.54) is 0 Å². The topological polar surface area (TPSA) is 71.8 Å². The molecular formula is C14H21N7. The van der Waals surface area contributed by atoms with Crippen molar-refractivity contribution in [3.8, 4) is 5.95 Å². The van der Waals surface area contributed by atoms with E-state index in [9.17, 15) is 0 Å². The molecule has 0 amide bonds. The molecule has 0 aliphatic carbocycles. The van der Waals surface area contributed by atoms with E-state index < -0.39 is 0 Å². The largest absolute Gasteiger partial charge is 0.354 e. The summed E-state index contributed by atoms with van der Waals surface area (Å²) in [6.07, 6.45) is 3.56. The maximum Gasteiger partial charge on any atom is 0.257 e. The number of nitrogens with one attached hydrogen (secondary N) is 1. The summed E-state index contributed by atoms with van der Waals surface area (Å²) in [6, 6.07) is 1.86. The van der Waals surface area contributed by atoms with Gasteiger partial charge < -0.3 is 10.2 Å². The molecule has 2 aromatic rings. The van der Waals surface area contributed by atoms with Gasteiger partial charge in [0.1, 0.15) is 0 Å². The predicted octanol–water partition coefficient (Wildman–Crippen LogP) is 1.58. The summed E-state index contributed by atoms with van der Waals surface area (Å²) >= 11 is 0. The molecule has 0 radical (unpaired) electrons. The van der Waals surface area contributed by atoms with Crippen molar-refractivity contribution in [3.63, 3.8) is 0 Å². The van der Waals surface area contributed by atoms with Crippen molar-refractivity contribution in [2.24, 2.45) is 11.8 Å². The quantitative estimate of drug-likeness (QED) is 0.920. The van der Waals surface area contributed by atoms with Gasteiger partial charge in [-0.25, -0.2) is 4.68 Å². The van der Waals surface area contributed by atoms with E-state index in [-0.39, 0.29) is 0 Å². The molecule has 2 unspecified atom stereocenters. The fraction of sp³-hybridized carbons (Fsp3) is 0.571. The lowest BCUT2D eigenvalue weighted by Gasteiger charge is -2.17.